The number of benzene rings is 1. The monoisotopic (exact) mass is 218 g/mol. The Morgan fingerprint density at radius 2 is 2.38 bits per heavy atom. The number of hydrogen-bond donors (Lipinski definition) is 1. The maximum Gasteiger partial charge on any atom is 0.120 e. The van der Waals surface area contributed by atoms with E-state index in [0.29, 0.717) is 6.61 Å². The van der Waals surface area contributed by atoms with E-state index in [9.17, 15) is 5.11 Å². The highest BCUT2D eigenvalue weighted by Crippen LogP contribution is 2.32. The third kappa shape index (κ3) is 2.45. The van der Waals surface area contributed by atoms with Crippen molar-refractivity contribution in [2.75, 3.05) is 6.61 Å². The molecule has 2 nitrogen and oxygen atoms in total. The van der Waals surface area contributed by atoms with Crippen LogP contribution in [0.1, 0.15) is 37.0 Å². The number of aryl methyl sites for hydroxylation is 1. The van der Waals surface area contributed by atoms with E-state index in [0.717, 1.165) is 30.6 Å². The number of aliphatic hydroxyl groups is 1. The molecule has 1 atom stereocenters. The largest absolute Gasteiger partial charge is 0.490 e. The lowest BCUT2D eigenvalue weighted by Gasteiger charge is -2.21. The Hall–Kier alpha value is -1.28. The molecule has 0 aliphatic heterocycles. The molecular formula is C14H18O2. The Labute approximate surface area is 96.6 Å². The predicted molar refractivity (Wildman–Crippen MR) is 64.6 cm³/mol. The lowest BCUT2D eigenvalue weighted by molar-refractivity contribution is 0.156. The van der Waals surface area contributed by atoms with Gasteiger partial charge in [0.1, 0.15) is 12.4 Å². The van der Waals surface area contributed by atoms with E-state index >= 15 is 0 Å². The van der Waals surface area contributed by atoms with Gasteiger partial charge in [-0.1, -0.05) is 18.2 Å². The van der Waals surface area contributed by atoms with Crippen LogP contribution in [-0.2, 0) is 6.42 Å². The lowest BCUT2D eigenvalue weighted by atomic mass is 9.89. The van der Waals surface area contributed by atoms with E-state index in [2.05, 4.69) is 6.07 Å². The molecule has 0 amide bonds. The van der Waals surface area contributed by atoms with Crippen molar-refractivity contribution in [2.45, 2.75) is 32.3 Å². The molecule has 1 aromatic carbocycles. The number of aliphatic hydroxyl groups excluding tert-OH is 1. The summed E-state index contributed by atoms with van der Waals surface area (Å²) in [6, 6.07) is 6.03. The van der Waals surface area contributed by atoms with Crippen LogP contribution in [-0.4, -0.2) is 11.7 Å². The minimum absolute atomic E-state index is 0.311. The van der Waals surface area contributed by atoms with Crippen LogP contribution >= 0.6 is 0 Å². The molecule has 2 heteroatoms. The Balaban J connectivity index is 2.14. The highest BCUT2D eigenvalue weighted by Gasteiger charge is 2.18. The summed E-state index contributed by atoms with van der Waals surface area (Å²) >= 11 is 0. The van der Waals surface area contributed by atoms with Gasteiger partial charge in [0.25, 0.3) is 0 Å². The molecule has 86 valence electrons. The molecule has 1 N–H and O–H groups in total. The van der Waals surface area contributed by atoms with Gasteiger partial charge in [0.15, 0.2) is 0 Å². The van der Waals surface area contributed by atoms with Gasteiger partial charge >= 0.3 is 0 Å². The van der Waals surface area contributed by atoms with Crippen molar-refractivity contribution in [2.24, 2.45) is 0 Å². The molecule has 0 bridgehead atoms. The third-order valence-electron chi connectivity index (χ3n) is 2.98. The fourth-order valence-electron chi connectivity index (χ4n) is 2.08. The normalized spacial score (nSPS) is 19.8. The van der Waals surface area contributed by atoms with Gasteiger partial charge in [-0.15, -0.1) is 0 Å². The van der Waals surface area contributed by atoms with E-state index in [1.165, 1.54) is 5.56 Å². The average molecular weight is 218 g/mol. The molecule has 1 aromatic rings. The molecule has 0 radical (unpaired) electrons. The number of fused-ring (bicyclic) bond motifs is 1. The van der Waals surface area contributed by atoms with Gasteiger partial charge in [-0.2, -0.15) is 0 Å². The highest BCUT2D eigenvalue weighted by atomic mass is 16.5. The first-order valence-corrected chi connectivity index (χ1v) is 5.86. The van der Waals surface area contributed by atoms with Crippen molar-refractivity contribution in [1.29, 1.82) is 0 Å². The van der Waals surface area contributed by atoms with E-state index < -0.39 is 0 Å². The van der Waals surface area contributed by atoms with Crippen LogP contribution in [0.5, 0.6) is 5.75 Å². The standard InChI is InChI=1S/C14H18O2/c1-2-3-9-16-12-8-7-11-5-4-6-14(15)13(11)10-12/h2-3,7-8,10,14-15H,4-6,9H2,1H3/b3-2+/t14-/m0/s1. The van der Waals surface area contributed by atoms with Gasteiger partial charge < -0.3 is 9.84 Å². The van der Waals surface area contributed by atoms with E-state index in [1.807, 2.05) is 31.2 Å². The summed E-state index contributed by atoms with van der Waals surface area (Å²) in [5.41, 5.74) is 2.31. The van der Waals surface area contributed by atoms with Crippen molar-refractivity contribution in [3.05, 3.63) is 41.5 Å². The minimum atomic E-state index is -0.311. The SMILES string of the molecule is C/C=C/COc1ccc2c(c1)[C@@H](O)CCC2. The molecule has 0 fully saturated rings. The van der Waals surface area contributed by atoms with Gasteiger partial charge in [0.05, 0.1) is 6.10 Å². The second-order valence-corrected chi connectivity index (χ2v) is 4.15. The predicted octanol–water partition coefficient (Wildman–Crippen LogP) is 3.01. The molecule has 2 rings (SSSR count). The summed E-state index contributed by atoms with van der Waals surface area (Å²) in [5.74, 6) is 0.845. The summed E-state index contributed by atoms with van der Waals surface area (Å²) in [6.07, 6.45) is 6.64. The summed E-state index contributed by atoms with van der Waals surface area (Å²) in [7, 11) is 0. The zero-order valence-electron chi connectivity index (χ0n) is 9.65. The Morgan fingerprint density at radius 1 is 1.50 bits per heavy atom. The van der Waals surface area contributed by atoms with Crippen molar-refractivity contribution < 1.29 is 9.84 Å². The zero-order chi connectivity index (χ0) is 11.4. The summed E-state index contributed by atoms with van der Waals surface area (Å²) < 4.78 is 5.56. The number of hydrogen-bond acceptors (Lipinski definition) is 2. The maximum atomic E-state index is 9.89. The van der Waals surface area contributed by atoms with Crippen LogP contribution < -0.4 is 4.74 Å². The van der Waals surface area contributed by atoms with E-state index in [-0.39, 0.29) is 6.10 Å². The van der Waals surface area contributed by atoms with Gasteiger partial charge in [0, 0.05) is 0 Å². The van der Waals surface area contributed by atoms with Crippen LogP contribution in [0.25, 0.3) is 0 Å². The highest BCUT2D eigenvalue weighted by molar-refractivity contribution is 5.38. The van der Waals surface area contributed by atoms with E-state index in [4.69, 9.17) is 4.74 Å². The fourth-order valence-corrected chi connectivity index (χ4v) is 2.08. The Morgan fingerprint density at radius 3 is 3.19 bits per heavy atom. The van der Waals surface area contributed by atoms with Gasteiger partial charge in [-0.3, -0.25) is 0 Å². The summed E-state index contributed by atoms with van der Waals surface area (Å²) in [4.78, 5) is 0. The van der Waals surface area contributed by atoms with Gasteiger partial charge in [-0.25, -0.2) is 0 Å². The second-order valence-electron chi connectivity index (χ2n) is 4.15. The van der Waals surface area contributed by atoms with Gasteiger partial charge in [-0.05, 0) is 49.4 Å². The van der Waals surface area contributed by atoms with Crippen molar-refractivity contribution in [3.63, 3.8) is 0 Å². The minimum Gasteiger partial charge on any atom is -0.490 e. The Kier molecular flexibility index (Phi) is 3.62. The fraction of sp³-hybridized carbons (Fsp3) is 0.429. The van der Waals surface area contributed by atoms with Crippen LogP contribution in [0.3, 0.4) is 0 Å². The molecule has 1 aliphatic carbocycles. The quantitative estimate of drug-likeness (QED) is 0.790. The third-order valence-corrected chi connectivity index (χ3v) is 2.98. The first-order chi connectivity index (χ1) is 7.81. The van der Waals surface area contributed by atoms with Crippen molar-refractivity contribution >= 4 is 0 Å². The molecule has 0 spiro atoms. The molecule has 0 aromatic heterocycles. The van der Waals surface area contributed by atoms with Crippen LogP contribution in [0.2, 0.25) is 0 Å². The van der Waals surface area contributed by atoms with Gasteiger partial charge in [0.2, 0.25) is 0 Å². The molecule has 1 aliphatic rings. The second kappa shape index (κ2) is 5.17. The molecule has 0 saturated heterocycles. The number of rotatable bonds is 3. The van der Waals surface area contributed by atoms with Crippen LogP contribution in [0.4, 0.5) is 0 Å². The van der Waals surface area contributed by atoms with Crippen molar-refractivity contribution in [1.82, 2.24) is 0 Å². The first kappa shape index (κ1) is 11.2. The van der Waals surface area contributed by atoms with E-state index in [1.54, 1.807) is 0 Å². The zero-order valence-corrected chi connectivity index (χ0v) is 9.65. The molecule has 0 saturated carbocycles. The number of allylic oxidation sites excluding steroid dienone is 1. The molecular weight excluding hydrogens is 200 g/mol. The average Bonchev–Trinajstić information content (AvgIpc) is 2.30. The maximum absolute atomic E-state index is 9.89. The molecule has 0 unspecified atom stereocenters. The summed E-state index contributed by atoms with van der Waals surface area (Å²) in [5, 5.41) is 9.89. The summed E-state index contributed by atoms with van der Waals surface area (Å²) in [6.45, 7) is 2.56. The molecule has 0 heterocycles. The first-order valence-electron chi connectivity index (χ1n) is 5.86. The Bertz CT molecular complexity index is 382. The number of ether oxygens (including phenoxy) is 1. The smallest absolute Gasteiger partial charge is 0.120 e. The van der Waals surface area contributed by atoms with Crippen LogP contribution in [0, 0.1) is 0 Å². The topological polar surface area (TPSA) is 29.5 Å². The van der Waals surface area contributed by atoms with Crippen LogP contribution in [0.15, 0.2) is 30.4 Å². The van der Waals surface area contributed by atoms with Crippen molar-refractivity contribution in [3.8, 4) is 5.75 Å². The molecule has 16 heavy (non-hydrogen) atoms. The lowest BCUT2D eigenvalue weighted by Crippen LogP contribution is -2.09.